The molecule has 136 valence electrons. The average molecular weight is 374 g/mol. The molecule has 0 radical (unpaired) electrons. The minimum absolute atomic E-state index is 0. The fourth-order valence-electron chi connectivity index (χ4n) is 3.82. The molecule has 0 aromatic heterocycles. The second-order valence-corrected chi connectivity index (χ2v) is 6.93. The van der Waals surface area contributed by atoms with Crippen molar-refractivity contribution in [1.29, 1.82) is 0 Å². The number of para-hydroxylation sites is 1. The van der Waals surface area contributed by atoms with Gasteiger partial charge in [0, 0.05) is 25.3 Å². The topological polar surface area (TPSA) is 44.4 Å². The number of carbonyl (C=O) groups excluding carboxylic acids is 1. The van der Waals surface area contributed by atoms with Crippen LogP contribution >= 0.6 is 24.8 Å². The summed E-state index contributed by atoms with van der Waals surface area (Å²) in [7, 11) is 0. The molecule has 0 bridgehead atoms. The maximum Gasteiger partial charge on any atom is 0.241 e. The fraction of sp³-hybridized carbons (Fsp3) is 0.611. The molecule has 2 aliphatic heterocycles. The standard InChI is InChI=1S/C18H27N3O.2ClH/c1-14-4-3-5-15(2)17(14)20-12-16(22)21-10-7-18(8-11-21)6-9-19-13-18;;/h3-5,19-20H,6-13H2,1-2H3;2*1H. The van der Waals surface area contributed by atoms with Crippen molar-refractivity contribution in [3.63, 3.8) is 0 Å². The van der Waals surface area contributed by atoms with Crippen molar-refractivity contribution in [2.24, 2.45) is 5.41 Å². The molecule has 1 spiro atoms. The number of carbonyl (C=O) groups is 1. The Labute approximate surface area is 157 Å². The number of nitrogens with zero attached hydrogens (tertiary/aromatic N) is 1. The number of anilines is 1. The molecule has 24 heavy (non-hydrogen) atoms. The van der Waals surface area contributed by atoms with Gasteiger partial charge in [-0.1, -0.05) is 18.2 Å². The predicted molar refractivity (Wildman–Crippen MR) is 105 cm³/mol. The van der Waals surface area contributed by atoms with Crippen LogP contribution in [0, 0.1) is 19.3 Å². The Morgan fingerprint density at radius 2 is 1.79 bits per heavy atom. The predicted octanol–water partition coefficient (Wildman–Crippen LogP) is 3.16. The SMILES string of the molecule is Cc1cccc(C)c1NCC(=O)N1CCC2(CCNC2)CC1.Cl.Cl. The lowest BCUT2D eigenvalue weighted by Gasteiger charge is -2.39. The minimum atomic E-state index is 0. The third kappa shape index (κ3) is 4.56. The Bertz CT molecular complexity index is 529. The van der Waals surface area contributed by atoms with Crippen LogP contribution in [0.2, 0.25) is 0 Å². The van der Waals surface area contributed by atoms with E-state index in [0.717, 1.165) is 44.7 Å². The summed E-state index contributed by atoms with van der Waals surface area (Å²) in [6.07, 6.45) is 3.57. The summed E-state index contributed by atoms with van der Waals surface area (Å²) in [5, 5.41) is 6.81. The molecular formula is C18H29Cl2N3O. The smallest absolute Gasteiger partial charge is 0.241 e. The molecule has 2 N–H and O–H groups in total. The molecule has 0 atom stereocenters. The second kappa shape index (κ2) is 8.93. The van der Waals surface area contributed by atoms with E-state index in [0.29, 0.717) is 12.0 Å². The molecule has 2 heterocycles. The van der Waals surface area contributed by atoms with E-state index in [2.05, 4.69) is 42.7 Å². The summed E-state index contributed by atoms with van der Waals surface area (Å²) in [5.74, 6) is 0.225. The van der Waals surface area contributed by atoms with E-state index in [1.54, 1.807) is 0 Å². The summed E-state index contributed by atoms with van der Waals surface area (Å²) >= 11 is 0. The second-order valence-electron chi connectivity index (χ2n) is 6.93. The van der Waals surface area contributed by atoms with Crippen molar-refractivity contribution in [3.05, 3.63) is 29.3 Å². The Balaban J connectivity index is 0.00000144. The van der Waals surface area contributed by atoms with Crippen LogP contribution in [0.15, 0.2) is 18.2 Å². The van der Waals surface area contributed by atoms with Crippen molar-refractivity contribution in [3.8, 4) is 0 Å². The highest BCUT2D eigenvalue weighted by molar-refractivity contribution is 5.85. The third-order valence-corrected chi connectivity index (χ3v) is 5.41. The van der Waals surface area contributed by atoms with Gasteiger partial charge in [0.1, 0.15) is 0 Å². The van der Waals surface area contributed by atoms with Gasteiger partial charge in [0.25, 0.3) is 0 Å². The van der Waals surface area contributed by atoms with E-state index in [1.807, 2.05) is 4.90 Å². The van der Waals surface area contributed by atoms with Crippen molar-refractivity contribution >= 4 is 36.4 Å². The van der Waals surface area contributed by atoms with Crippen LogP contribution in [0.3, 0.4) is 0 Å². The number of rotatable bonds is 3. The maximum absolute atomic E-state index is 12.4. The zero-order valence-electron chi connectivity index (χ0n) is 14.6. The normalized spacial score (nSPS) is 18.7. The summed E-state index contributed by atoms with van der Waals surface area (Å²) in [6.45, 7) is 8.66. The molecule has 1 aromatic rings. The van der Waals surface area contributed by atoms with E-state index in [1.165, 1.54) is 17.5 Å². The number of amides is 1. The lowest BCUT2D eigenvalue weighted by Crippen LogP contribution is -2.45. The van der Waals surface area contributed by atoms with Crippen LogP contribution in [0.4, 0.5) is 5.69 Å². The molecule has 2 saturated heterocycles. The van der Waals surface area contributed by atoms with Gasteiger partial charge in [-0.25, -0.2) is 0 Å². The fourth-order valence-corrected chi connectivity index (χ4v) is 3.82. The number of hydrogen-bond donors (Lipinski definition) is 2. The van der Waals surface area contributed by atoms with E-state index in [-0.39, 0.29) is 30.7 Å². The van der Waals surface area contributed by atoms with Gasteiger partial charge in [-0.15, -0.1) is 24.8 Å². The van der Waals surface area contributed by atoms with Crippen LogP contribution < -0.4 is 10.6 Å². The molecule has 2 aliphatic rings. The summed E-state index contributed by atoms with van der Waals surface area (Å²) in [4.78, 5) is 14.5. The highest BCUT2D eigenvalue weighted by Gasteiger charge is 2.37. The lowest BCUT2D eigenvalue weighted by atomic mass is 9.78. The number of nitrogens with one attached hydrogen (secondary N) is 2. The van der Waals surface area contributed by atoms with Crippen molar-refractivity contribution in [1.82, 2.24) is 10.2 Å². The molecule has 0 unspecified atom stereocenters. The number of benzene rings is 1. The molecular weight excluding hydrogens is 345 g/mol. The number of halogens is 2. The Hall–Kier alpha value is -0.970. The first-order valence-electron chi connectivity index (χ1n) is 8.38. The Kier molecular flexibility index (Phi) is 7.84. The minimum Gasteiger partial charge on any atom is -0.376 e. The molecule has 3 rings (SSSR count). The molecule has 1 aromatic carbocycles. The molecule has 6 heteroatoms. The van der Waals surface area contributed by atoms with E-state index < -0.39 is 0 Å². The highest BCUT2D eigenvalue weighted by Crippen LogP contribution is 2.36. The third-order valence-electron chi connectivity index (χ3n) is 5.41. The molecule has 1 amide bonds. The van der Waals surface area contributed by atoms with Gasteiger partial charge in [0.2, 0.25) is 5.91 Å². The summed E-state index contributed by atoms with van der Waals surface area (Å²) in [6, 6.07) is 6.21. The van der Waals surface area contributed by atoms with Crippen LogP contribution in [0.1, 0.15) is 30.4 Å². The number of piperidine rings is 1. The lowest BCUT2D eigenvalue weighted by molar-refractivity contribution is -0.131. The number of aryl methyl sites for hydroxylation is 2. The zero-order chi connectivity index (χ0) is 15.6. The van der Waals surface area contributed by atoms with E-state index in [4.69, 9.17) is 0 Å². The maximum atomic E-state index is 12.4. The van der Waals surface area contributed by atoms with Gasteiger partial charge in [0.15, 0.2) is 0 Å². The first-order chi connectivity index (χ1) is 10.6. The number of hydrogen-bond acceptors (Lipinski definition) is 3. The summed E-state index contributed by atoms with van der Waals surface area (Å²) in [5.41, 5.74) is 3.96. The van der Waals surface area contributed by atoms with Crippen LogP contribution in [0.5, 0.6) is 0 Å². The van der Waals surface area contributed by atoms with E-state index in [9.17, 15) is 4.79 Å². The molecule has 0 saturated carbocycles. The van der Waals surface area contributed by atoms with E-state index >= 15 is 0 Å². The van der Waals surface area contributed by atoms with Gasteiger partial charge in [-0.3, -0.25) is 4.79 Å². The first kappa shape index (κ1) is 21.1. The molecule has 2 fully saturated rings. The zero-order valence-corrected chi connectivity index (χ0v) is 16.2. The van der Waals surface area contributed by atoms with Gasteiger partial charge in [-0.05, 0) is 56.2 Å². The average Bonchev–Trinajstić information content (AvgIpc) is 2.95. The Morgan fingerprint density at radius 3 is 2.33 bits per heavy atom. The van der Waals surface area contributed by atoms with Gasteiger partial charge in [-0.2, -0.15) is 0 Å². The highest BCUT2D eigenvalue weighted by atomic mass is 35.5. The first-order valence-corrected chi connectivity index (χ1v) is 8.38. The van der Waals surface area contributed by atoms with Crippen LogP contribution in [0.25, 0.3) is 0 Å². The van der Waals surface area contributed by atoms with Crippen LogP contribution in [-0.2, 0) is 4.79 Å². The van der Waals surface area contributed by atoms with Gasteiger partial charge < -0.3 is 15.5 Å². The molecule has 0 aliphatic carbocycles. The number of likely N-dealkylation sites (tertiary alicyclic amines) is 1. The van der Waals surface area contributed by atoms with Crippen molar-refractivity contribution in [2.45, 2.75) is 33.1 Å². The van der Waals surface area contributed by atoms with Gasteiger partial charge in [0.05, 0.1) is 6.54 Å². The van der Waals surface area contributed by atoms with Gasteiger partial charge >= 0.3 is 0 Å². The van der Waals surface area contributed by atoms with Crippen molar-refractivity contribution in [2.75, 3.05) is 38.0 Å². The monoisotopic (exact) mass is 373 g/mol. The Morgan fingerprint density at radius 1 is 1.17 bits per heavy atom. The van der Waals surface area contributed by atoms with Crippen molar-refractivity contribution < 1.29 is 4.79 Å². The van der Waals surface area contributed by atoms with Crippen LogP contribution in [-0.4, -0.2) is 43.5 Å². The molecule has 4 nitrogen and oxygen atoms in total. The largest absolute Gasteiger partial charge is 0.376 e. The summed E-state index contributed by atoms with van der Waals surface area (Å²) < 4.78 is 0. The quantitative estimate of drug-likeness (QED) is 0.854.